The lowest BCUT2D eigenvalue weighted by atomic mass is 9.77. The predicted molar refractivity (Wildman–Crippen MR) is 125 cm³/mol. The molecule has 0 atom stereocenters. The summed E-state index contributed by atoms with van der Waals surface area (Å²) in [6.07, 6.45) is 0. The second kappa shape index (κ2) is 6.10. The van der Waals surface area contributed by atoms with Gasteiger partial charge in [-0.1, -0.05) is 85.4 Å². The Morgan fingerprint density at radius 3 is 2.23 bits per heavy atom. The van der Waals surface area contributed by atoms with Gasteiger partial charge in [0.1, 0.15) is 5.60 Å². The third kappa shape index (κ3) is 2.42. The molecular formula is C27H21BO2. The quantitative estimate of drug-likeness (QED) is 0.336. The van der Waals surface area contributed by atoms with Crippen LogP contribution in [0.25, 0.3) is 44.2 Å². The average molecular weight is 388 g/mol. The largest absolute Gasteiger partial charge is 0.563 e. The summed E-state index contributed by atoms with van der Waals surface area (Å²) in [7, 11) is -0.416. The van der Waals surface area contributed by atoms with E-state index in [0.29, 0.717) is 5.76 Å². The van der Waals surface area contributed by atoms with Crippen molar-refractivity contribution in [2.24, 2.45) is 0 Å². The van der Waals surface area contributed by atoms with E-state index in [1.165, 1.54) is 44.2 Å². The zero-order valence-electron chi connectivity index (χ0n) is 17.1. The molecule has 0 spiro atoms. The molecule has 1 saturated heterocycles. The summed E-state index contributed by atoms with van der Waals surface area (Å²) < 4.78 is 12.0. The molecule has 1 fully saturated rings. The van der Waals surface area contributed by atoms with Gasteiger partial charge >= 0.3 is 7.12 Å². The zero-order chi connectivity index (χ0) is 20.5. The third-order valence-corrected chi connectivity index (χ3v) is 6.34. The Bertz CT molecular complexity index is 1340. The fourth-order valence-electron chi connectivity index (χ4n) is 4.66. The van der Waals surface area contributed by atoms with Crippen molar-refractivity contribution in [2.45, 2.75) is 19.4 Å². The molecule has 0 radical (unpaired) electrons. The Morgan fingerprint density at radius 1 is 0.733 bits per heavy atom. The van der Waals surface area contributed by atoms with Gasteiger partial charge < -0.3 is 9.31 Å². The average Bonchev–Trinajstić information content (AvgIpc) is 3.23. The molecule has 144 valence electrons. The molecule has 0 saturated carbocycles. The number of benzene rings is 4. The van der Waals surface area contributed by atoms with Crippen molar-refractivity contribution in [3.63, 3.8) is 0 Å². The topological polar surface area (TPSA) is 18.5 Å². The molecule has 2 nitrogen and oxygen atoms in total. The van der Waals surface area contributed by atoms with Crippen molar-refractivity contribution < 1.29 is 9.31 Å². The van der Waals surface area contributed by atoms with Gasteiger partial charge in [-0.25, -0.2) is 0 Å². The van der Waals surface area contributed by atoms with Crippen LogP contribution in [0.1, 0.15) is 13.8 Å². The van der Waals surface area contributed by atoms with Gasteiger partial charge in [0, 0.05) is 0 Å². The van der Waals surface area contributed by atoms with Gasteiger partial charge in [-0.15, -0.1) is 0 Å². The predicted octanol–water partition coefficient (Wildman–Crippen LogP) is 6.19. The minimum absolute atomic E-state index is 0.416. The van der Waals surface area contributed by atoms with E-state index in [9.17, 15) is 0 Å². The highest BCUT2D eigenvalue weighted by Gasteiger charge is 2.43. The van der Waals surface area contributed by atoms with Crippen molar-refractivity contribution in [1.82, 2.24) is 0 Å². The van der Waals surface area contributed by atoms with Crippen molar-refractivity contribution in [3.05, 3.63) is 91.2 Å². The van der Waals surface area contributed by atoms with Gasteiger partial charge in [0.15, 0.2) is 0 Å². The Hall–Kier alpha value is -3.30. The van der Waals surface area contributed by atoms with Gasteiger partial charge in [0.05, 0.1) is 5.76 Å². The van der Waals surface area contributed by atoms with Crippen molar-refractivity contribution in [1.29, 1.82) is 0 Å². The molecule has 3 heteroatoms. The van der Waals surface area contributed by atoms with Crippen LogP contribution in [0.4, 0.5) is 0 Å². The van der Waals surface area contributed by atoms with Gasteiger partial charge in [-0.2, -0.15) is 0 Å². The van der Waals surface area contributed by atoms with E-state index < -0.39 is 12.7 Å². The van der Waals surface area contributed by atoms with E-state index in [1.54, 1.807) is 0 Å². The summed E-state index contributed by atoms with van der Waals surface area (Å²) in [5.41, 5.74) is 8.12. The van der Waals surface area contributed by atoms with Crippen LogP contribution in [0.2, 0.25) is 0 Å². The maximum absolute atomic E-state index is 6.11. The van der Waals surface area contributed by atoms with Gasteiger partial charge in [-0.05, 0) is 63.5 Å². The molecule has 4 aromatic carbocycles. The summed E-state index contributed by atoms with van der Waals surface area (Å²) in [5.74, 6) is 0.672. The van der Waals surface area contributed by atoms with E-state index in [-0.39, 0.29) is 0 Å². The molecule has 1 aliphatic heterocycles. The monoisotopic (exact) mass is 388 g/mol. The Balaban J connectivity index is 1.52. The minimum Gasteiger partial charge on any atom is -0.534 e. The van der Waals surface area contributed by atoms with Crippen LogP contribution in [0, 0.1) is 0 Å². The van der Waals surface area contributed by atoms with Crippen LogP contribution in [0.15, 0.2) is 91.2 Å². The SMILES string of the molecule is C=C1OB(c2ccc3c(c2)-c2cccc4c(-c5ccccc5)ccc-3c24)OC1(C)C. The molecule has 30 heavy (non-hydrogen) atoms. The van der Waals surface area contributed by atoms with Crippen LogP contribution in [0.5, 0.6) is 0 Å². The Morgan fingerprint density at radius 2 is 1.47 bits per heavy atom. The molecule has 6 rings (SSSR count). The first-order valence-corrected chi connectivity index (χ1v) is 10.3. The highest BCUT2D eigenvalue weighted by atomic mass is 16.7. The summed E-state index contributed by atoms with van der Waals surface area (Å²) in [5, 5.41) is 2.61. The second-order valence-corrected chi connectivity index (χ2v) is 8.56. The molecule has 4 aromatic rings. The first-order valence-electron chi connectivity index (χ1n) is 10.3. The Labute approximate surface area is 176 Å². The zero-order valence-corrected chi connectivity index (χ0v) is 17.1. The fourth-order valence-corrected chi connectivity index (χ4v) is 4.66. The van der Waals surface area contributed by atoms with Crippen LogP contribution in [0.3, 0.4) is 0 Å². The molecule has 1 aliphatic carbocycles. The van der Waals surface area contributed by atoms with Crippen LogP contribution >= 0.6 is 0 Å². The highest BCUT2D eigenvalue weighted by molar-refractivity contribution is 6.62. The minimum atomic E-state index is -0.475. The number of rotatable bonds is 2. The van der Waals surface area contributed by atoms with Gasteiger partial charge in [0.25, 0.3) is 0 Å². The summed E-state index contributed by atoms with van der Waals surface area (Å²) in [6.45, 7) is 7.99. The summed E-state index contributed by atoms with van der Waals surface area (Å²) >= 11 is 0. The number of hydrogen-bond donors (Lipinski definition) is 0. The summed E-state index contributed by atoms with van der Waals surface area (Å²) in [4.78, 5) is 0. The molecule has 0 aromatic heterocycles. The van der Waals surface area contributed by atoms with Gasteiger partial charge in [0.2, 0.25) is 0 Å². The van der Waals surface area contributed by atoms with Crippen molar-refractivity contribution >= 4 is 23.4 Å². The molecule has 2 aliphatic rings. The fraction of sp³-hybridized carbons (Fsp3) is 0.111. The third-order valence-electron chi connectivity index (χ3n) is 6.34. The molecule has 0 unspecified atom stereocenters. The molecule has 0 amide bonds. The van der Waals surface area contributed by atoms with Gasteiger partial charge in [-0.3, -0.25) is 0 Å². The van der Waals surface area contributed by atoms with Crippen molar-refractivity contribution in [3.8, 4) is 33.4 Å². The number of hydrogen-bond acceptors (Lipinski definition) is 2. The molecule has 1 heterocycles. The lowest BCUT2D eigenvalue weighted by Crippen LogP contribution is -2.34. The number of fused-ring (bicyclic) bond motifs is 3. The maximum atomic E-state index is 6.11. The van der Waals surface area contributed by atoms with Crippen molar-refractivity contribution in [2.75, 3.05) is 0 Å². The first-order chi connectivity index (χ1) is 14.5. The molecule has 0 bridgehead atoms. The van der Waals surface area contributed by atoms with E-state index in [0.717, 1.165) is 5.46 Å². The van der Waals surface area contributed by atoms with Crippen LogP contribution < -0.4 is 5.46 Å². The lowest BCUT2D eigenvalue weighted by molar-refractivity contribution is 0.173. The van der Waals surface area contributed by atoms with Crippen LogP contribution in [-0.2, 0) is 9.31 Å². The Kier molecular flexibility index (Phi) is 3.57. The highest BCUT2D eigenvalue weighted by Crippen LogP contribution is 2.49. The smallest absolute Gasteiger partial charge is 0.534 e. The van der Waals surface area contributed by atoms with E-state index in [1.807, 2.05) is 13.8 Å². The molecule has 0 N–H and O–H groups in total. The van der Waals surface area contributed by atoms with Crippen LogP contribution in [-0.4, -0.2) is 12.7 Å². The second-order valence-electron chi connectivity index (χ2n) is 8.56. The first kappa shape index (κ1) is 17.6. The van der Waals surface area contributed by atoms with E-state index >= 15 is 0 Å². The van der Waals surface area contributed by atoms with E-state index in [4.69, 9.17) is 9.31 Å². The maximum Gasteiger partial charge on any atom is 0.563 e. The lowest BCUT2D eigenvalue weighted by Gasteiger charge is -2.15. The standard InChI is InChI=1S/C27H21BO2/c1-17-27(2,3)30-28(29-17)19-12-13-21-24-15-14-20(18-8-5-4-6-9-18)22-10-7-11-23(26(22)24)25(21)16-19/h4-16H,1H2,2-3H3. The van der Waals surface area contributed by atoms with E-state index in [2.05, 4.69) is 85.4 Å². The normalized spacial score (nSPS) is 16.1. The summed E-state index contributed by atoms with van der Waals surface area (Å²) in [6, 6.07) is 28.2. The molecular weight excluding hydrogens is 367 g/mol.